The minimum atomic E-state index is -0.139. The summed E-state index contributed by atoms with van der Waals surface area (Å²) < 4.78 is 2.15. The number of thioether (sulfide) groups is 1. The Morgan fingerprint density at radius 3 is 2.76 bits per heavy atom. The molecule has 9 heteroatoms. The normalized spacial score (nSPS) is 11.1. The highest BCUT2D eigenvalue weighted by Gasteiger charge is 2.16. The van der Waals surface area contributed by atoms with E-state index in [1.54, 1.807) is 35.0 Å². The van der Waals surface area contributed by atoms with E-state index in [0.29, 0.717) is 31.0 Å². The van der Waals surface area contributed by atoms with E-state index >= 15 is 0 Å². The summed E-state index contributed by atoms with van der Waals surface area (Å²) in [5.74, 6) is -0.0138. The predicted molar refractivity (Wildman–Crippen MR) is 119 cm³/mol. The molecule has 0 atom stereocenters. The van der Waals surface area contributed by atoms with Crippen LogP contribution in [-0.2, 0) is 6.54 Å². The number of pyridine rings is 1. The first-order chi connectivity index (χ1) is 14.0. The van der Waals surface area contributed by atoms with Crippen LogP contribution in [0.5, 0.6) is 0 Å². The van der Waals surface area contributed by atoms with E-state index in [1.165, 1.54) is 23.1 Å². The second-order valence-corrected chi connectivity index (χ2v) is 8.76. The van der Waals surface area contributed by atoms with Crippen molar-refractivity contribution >= 4 is 62.3 Å². The highest BCUT2D eigenvalue weighted by atomic mass is 35.5. The highest BCUT2D eigenvalue weighted by Crippen LogP contribution is 2.25. The number of rotatable bonds is 6. The number of ketones is 1. The van der Waals surface area contributed by atoms with Gasteiger partial charge < -0.3 is 0 Å². The molecule has 0 bridgehead atoms. The average Bonchev–Trinajstić information content (AvgIpc) is 3.20. The van der Waals surface area contributed by atoms with E-state index < -0.39 is 0 Å². The molecule has 0 aliphatic heterocycles. The summed E-state index contributed by atoms with van der Waals surface area (Å²) >= 11 is 14.5. The predicted octanol–water partition coefficient (Wildman–Crippen LogP) is 5.18. The summed E-state index contributed by atoms with van der Waals surface area (Å²) in [6.07, 6.45) is 1.68. The molecule has 0 aliphatic rings. The van der Waals surface area contributed by atoms with E-state index in [2.05, 4.69) is 9.97 Å². The molecule has 0 amide bonds. The number of carbonyl (C=O) groups excluding carboxylic acids is 1. The van der Waals surface area contributed by atoms with E-state index in [0.717, 1.165) is 5.69 Å². The van der Waals surface area contributed by atoms with Gasteiger partial charge in [-0.2, -0.15) is 0 Å². The minimum absolute atomic E-state index is 0.113. The van der Waals surface area contributed by atoms with Crippen molar-refractivity contribution in [2.45, 2.75) is 11.7 Å². The van der Waals surface area contributed by atoms with Gasteiger partial charge in [0.05, 0.1) is 33.6 Å². The molecule has 0 spiro atoms. The number of fused-ring (bicyclic) bond motifs is 1. The first-order valence-electron chi connectivity index (χ1n) is 8.52. The summed E-state index contributed by atoms with van der Waals surface area (Å²) in [6, 6.07) is 12.1. The topological polar surface area (TPSA) is 64.8 Å². The molecule has 146 valence electrons. The van der Waals surface area contributed by atoms with Crippen molar-refractivity contribution < 1.29 is 4.79 Å². The summed E-state index contributed by atoms with van der Waals surface area (Å²) in [6.45, 7) is 0.282. The number of nitrogens with zero attached hydrogens (tertiary/aromatic N) is 3. The van der Waals surface area contributed by atoms with Gasteiger partial charge in [0.15, 0.2) is 10.9 Å². The Morgan fingerprint density at radius 2 is 2.00 bits per heavy atom. The highest BCUT2D eigenvalue weighted by molar-refractivity contribution is 7.99. The van der Waals surface area contributed by atoms with Gasteiger partial charge in [-0.15, -0.1) is 11.3 Å². The van der Waals surface area contributed by atoms with Crippen molar-refractivity contribution in [1.82, 2.24) is 14.5 Å². The van der Waals surface area contributed by atoms with Gasteiger partial charge in [-0.25, -0.2) is 4.98 Å². The average molecular weight is 462 g/mol. The Bertz CT molecular complexity index is 1260. The van der Waals surface area contributed by atoms with E-state index in [9.17, 15) is 9.59 Å². The maximum Gasteiger partial charge on any atom is 0.272 e. The van der Waals surface area contributed by atoms with E-state index in [1.807, 2.05) is 23.6 Å². The first kappa shape index (κ1) is 20.1. The zero-order valence-corrected chi connectivity index (χ0v) is 18.0. The van der Waals surface area contributed by atoms with Crippen molar-refractivity contribution in [2.24, 2.45) is 0 Å². The van der Waals surface area contributed by atoms with Crippen molar-refractivity contribution in [3.05, 3.63) is 85.7 Å². The quantitative estimate of drug-likeness (QED) is 0.224. The van der Waals surface area contributed by atoms with Crippen LogP contribution in [0.3, 0.4) is 0 Å². The molecule has 0 radical (unpaired) electrons. The van der Waals surface area contributed by atoms with Gasteiger partial charge >= 0.3 is 0 Å². The summed E-state index contributed by atoms with van der Waals surface area (Å²) in [5, 5.41) is 3.02. The Balaban J connectivity index is 1.65. The minimum Gasteiger partial charge on any atom is -0.293 e. The van der Waals surface area contributed by atoms with E-state index in [-0.39, 0.29) is 23.6 Å². The van der Waals surface area contributed by atoms with Gasteiger partial charge in [-0.3, -0.25) is 19.1 Å². The monoisotopic (exact) mass is 461 g/mol. The number of carbonyl (C=O) groups is 1. The lowest BCUT2D eigenvalue weighted by molar-refractivity contribution is 0.102. The Kier molecular flexibility index (Phi) is 6.01. The molecular formula is C20H13Cl2N3O2S2. The van der Waals surface area contributed by atoms with Crippen LogP contribution in [0.25, 0.3) is 10.2 Å². The number of hydrogen-bond donors (Lipinski definition) is 0. The Hall–Kier alpha value is -2.19. The van der Waals surface area contributed by atoms with Crippen molar-refractivity contribution in [3.8, 4) is 0 Å². The molecule has 4 rings (SSSR count). The van der Waals surface area contributed by atoms with Crippen LogP contribution < -0.4 is 5.56 Å². The maximum atomic E-state index is 13.0. The molecule has 0 unspecified atom stereocenters. The van der Waals surface area contributed by atoms with Crippen LogP contribution in [-0.4, -0.2) is 26.1 Å². The number of Topliss-reactive ketones (excluding diaryl/α,β-unsaturated/α-hetero) is 1. The number of hydrogen-bond acceptors (Lipinski definition) is 6. The van der Waals surface area contributed by atoms with E-state index in [4.69, 9.17) is 23.2 Å². The molecular weight excluding hydrogens is 449 g/mol. The number of aromatic nitrogens is 3. The van der Waals surface area contributed by atoms with Crippen LogP contribution in [0.2, 0.25) is 10.0 Å². The summed E-state index contributed by atoms with van der Waals surface area (Å²) in [7, 11) is 0. The summed E-state index contributed by atoms with van der Waals surface area (Å²) in [5.41, 5.74) is 1.69. The fourth-order valence-corrected chi connectivity index (χ4v) is 4.68. The molecule has 0 saturated carbocycles. The standard InChI is InChI=1S/C20H13Cl2N3O2S2/c21-14-5-4-12(9-15(14)22)17(26)11-29-20-24-16-6-8-28-18(16)19(27)25(20)10-13-3-1-2-7-23-13/h1-9H,10-11H2. The Labute approximate surface area is 184 Å². The van der Waals surface area contributed by atoms with Gasteiger partial charge in [0, 0.05) is 11.8 Å². The van der Waals surface area contributed by atoms with Crippen LogP contribution in [0, 0.1) is 0 Å². The zero-order chi connectivity index (χ0) is 20.4. The number of benzene rings is 1. The molecule has 5 nitrogen and oxygen atoms in total. The van der Waals surface area contributed by atoms with Crippen LogP contribution in [0.15, 0.2) is 64.0 Å². The fraction of sp³-hybridized carbons (Fsp3) is 0.100. The molecule has 4 aromatic rings. The molecule has 0 saturated heterocycles. The van der Waals surface area contributed by atoms with Crippen LogP contribution in [0.1, 0.15) is 16.1 Å². The largest absolute Gasteiger partial charge is 0.293 e. The number of thiophene rings is 1. The van der Waals surface area contributed by atoms with Crippen molar-refractivity contribution in [1.29, 1.82) is 0 Å². The molecule has 0 N–H and O–H groups in total. The molecule has 29 heavy (non-hydrogen) atoms. The third-order valence-corrected chi connectivity index (χ3v) is 6.76. The second kappa shape index (κ2) is 8.67. The SMILES string of the molecule is O=C(CSc1nc2ccsc2c(=O)n1Cc1ccccn1)c1ccc(Cl)c(Cl)c1. The lowest BCUT2D eigenvalue weighted by Crippen LogP contribution is -2.24. The Morgan fingerprint density at radius 1 is 1.14 bits per heavy atom. The van der Waals surface area contributed by atoms with Gasteiger partial charge in [0.25, 0.3) is 5.56 Å². The van der Waals surface area contributed by atoms with Gasteiger partial charge in [0.2, 0.25) is 0 Å². The van der Waals surface area contributed by atoms with Crippen molar-refractivity contribution in [3.63, 3.8) is 0 Å². The first-order valence-corrected chi connectivity index (χ1v) is 11.1. The van der Waals surface area contributed by atoms with Gasteiger partial charge in [-0.05, 0) is 41.8 Å². The van der Waals surface area contributed by atoms with Crippen molar-refractivity contribution in [2.75, 3.05) is 5.75 Å². The third kappa shape index (κ3) is 4.38. The molecule has 3 aromatic heterocycles. The number of halogens is 2. The third-order valence-electron chi connectivity index (χ3n) is 4.15. The van der Waals surface area contributed by atoms with Crippen LogP contribution >= 0.6 is 46.3 Å². The fourth-order valence-electron chi connectivity index (χ4n) is 2.71. The molecule has 3 heterocycles. The molecule has 1 aromatic carbocycles. The van der Waals surface area contributed by atoms with Gasteiger partial charge in [0.1, 0.15) is 4.70 Å². The lowest BCUT2D eigenvalue weighted by atomic mass is 10.1. The molecule has 0 aliphatic carbocycles. The maximum absolute atomic E-state index is 13.0. The summed E-state index contributed by atoms with van der Waals surface area (Å²) in [4.78, 5) is 34.5. The smallest absolute Gasteiger partial charge is 0.272 e. The van der Waals surface area contributed by atoms with Crippen LogP contribution in [0.4, 0.5) is 0 Å². The second-order valence-electron chi connectivity index (χ2n) is 6.08. The lowest BCUT2D eigenvalue weighted by Gasteiger charge is -2.11. The molecule has 0 fully saturated rings. The zero-order valence-electron chi connectivity index (χ0n) is 14.8. The van der Waals surface area contributed by atoms with Gasteiger partial charge in [-0.1, -0.05) is 41.0 Å².